The van der Waals surface area contributed by atoms with E-state index < -0.39 is 17.6 Å². The van der Waals surface area contributed by atoms with Gasteiger partial charge in [0.2, 0.25) is 5.13 Å². The number of hydrogen-bond acceptors (Lipinski definition) is 5. The van der Waals surface area contributed by atoms with Crippen LogP contribution in [0.15, 0.2) is 60.0 Å². The minimum atomic E-state index is -4.46. The van der Waals surface area contributed by atoms with Gasteiger partial charge in [-0.25, -0.2) is 4.98 Å². The molecule has 0 spiro atoms. The highest BCUT2D eigenvalue weighted by molar-refractivity contribution is 7.12. The molecule has 164 valence electrons. The van der Waals surface area contributed by atoms with Gasteiger partial charge in [-0.1, -0.05) is 12.1 Å². The molecule has 1 amide bonds. The number of nitrogens with one attached hydrogen (secondary N) is 1. The Balaban J connectivity index is 1.58. The van der Waals surface area contributed by atoms with Gasteiger partial charge < -0.3 is 10.1 Å². The van der Waals surface area contributed by atoms with Crippen LogP contribution in [0.1, 0.15) is 21.6 Å². The molecule has 0 saturated heterocycles. The summed E-state index contributed by atoms with van der Waals surface area (Å²) in [6, 6.07) is 13.1. The molecule has 0 unspecified atom stereocenters. The summed E-state index contributed by atoms with van der Waals surface area (Å²) in [5, 5.41) is 9.48. The summed E-state index contributed by atoms with van der Waals surface area (Å²) >= 11 is 1.34. The molecule has 0 atom stereocenters. The lowest BCUT2D eigenvalue weighted by Gasteiger charge is -2.09. The van der Waals surface area contributed by atoms with Gasteiger partial charge in [0, 0.05) is 22.6 Å². The molecule has 6 nitrogen and oxygen atoms in total. The van der Waals surface area contributed by atoms with Crippen LogP contribution in [0, 0.1) is 6.92 Å². The number of rotatable bonds is 5. The fourth-order valence-electron chi connectivity index (χ4n) is 3.01. The summed E-state index contributed by atoms with van der Waals surface area (Å²) in [5.74, 6) is 0.514. The van der Waals surface area contributed by atoms with E-state index in [2.05, 4.69) is 15.4 Å². The van der Waals surface area contributed by atoms with Crippen molar-refractivity contribution in [3.8, 4) is 22.1 Å². The number of ether oxygens (including phenoxy) is 1. The Bertz CT molecular complexity index is 1260. The Morgan fingerprint density at radius 3 is 2.56 bits per heavy atom. The van der Waals surface area contributed by atoms with Crippen molar-refractivity contribution in [2.24, 2.45) is 0 Å². The molecule has 0 bridgehead atoms. The van der Waals surface area contributed by atoms with Crippen molar-refractivity contribution in [2.75, 3.05) is 12.4 Å². The molecule has 2 heterocycles. The first-order valence-corrected chi connectivity index (χ1v) is 10.3. The number of carbonyl (C=O) groups is 1. The van der Waals surface area contributed by atoms with Gasteiger partial charge >= 0.3 is 6.18 Å². The Morgan fingerprint density at radius 1 is 1.12 bits per heavy atom. The predicted octanol–water partition coefficient (Wildman–Crippen LogP) is 5.58. The van der Waals surface area contributed by atoms with Gasteiger partial charge in [0.25, 0.3) is 5.91 Å². The molecule has 10 heteroatoms. The molecule has 4 rings (SSSR count). The van der Waals surface area contributed by atoms with Crippen molar-refractivity contribution in [3.63, 3.8) is 0 Å². The van der Waals surface area contributed by atoms with Gasteiger partial charge in [0.15, 0.2) is 0 Å². The Hall–Kier alpha value is -3.66. The first-order valence-electron chi connectivity index (χ1n) is 9.40. The fraction of sp³-hybridized carbons (Fsp3) is 0.136. The number of aromatic nitrogens is 3. The number of carbonyl (C=O) groups excluding carboxylic acids is 1. The Kier molecular flexibility index (Phi) is 5.70. The Labute approximate surface area is 185 Å². The SMILES string of the molecule is COc1cccc(-c2csc(-n3nc(C)cc3NC(=O)c3ccc(C(F)(F)F)cc3)n2)c1. The van der Waals surface area contributed by atoms with E-state index in [4.69, 9.17) is 4.74 Å². The lowest BCUT2D eigenvalue weighted by atomic mass is 10.1. The largest absolute Gasteiger partial charge is 0.497 e. The lowest BCUT2D eigenvalue weighted by molar-refractivity contribution is -0.137. The average molecular weight is 458 g/mol. The molecule has 2 aromatic heterocycles. The van der Waals surface area contributed by atoms with Crippen LogP contribution < -0.4 is 10.1 Å². The van der Waals surface area contributed by atoms with Gasteiger partial charge in [-0.3, -0.25) is 4.79 Å². The molecule has 0 radical (unpaired) electrons. The summed E-state index contributed by atoms with van der Waals surface area (Å²) in [4.78, 5) is 17.2. The highest BCUT2D eigenvalue weighted by Crippen LogP contribution is 2.30. The number of nitrogens with zero attached hydrogens (tertiary/aromatic N) is 3. The van der Waals surface area contributed by atoms with Crippen molar-refractivity contribution in [1.29, 1.82) is 0 Å². The molecule has 4 aromatic rings. The van der Waals surface area contributed by atoms with Crippen LogP contribution in [0.2, 0.25) is 0 Å². The van der Waals surface area contributed by atoms with E-state index in [1.165, 1.54) is 16.0 Å². The van der Waals surface area contributed by atoms with Crippen LogP contribution in [0.5, 0.6) is 5.75 Å². The second-order valence-corrected chi connectivity index (χ2v) is 7.70. The highest BCUT2D eigenvalue weighted by Gasteiger charge is 2.30. The maximum absolute atomic E-state index is 12.8. The Morgan fingerprint density at radius 2 is 1.88 bits per heavy atom. The van der Waals surface area contributed by atoms with Gasteiger partial charge in [-0.2, -0.15) is 23.0 Å². The van der Waals surface area contributed by atoms with Crippen molar-refractivity contribution in [1.82, 2.24) is 14.8 Å². The molecule has 0 fully saturated rings. The summed E-state index contributed by atoms with van der Waals surface area (Å²) in [5.41, 5.74) is 1.51. The smallest absolute Gasteiger partial charge is 0.416 e. The average Bonchev–Trinajstić information content (AvgIpc) is 3.40. The number of hydrogen-bond donors (Lipinski definition) is 1. The molecule has 0 aliphatic heterocycles. The molecule has 32 heavy (non-hydrogen) atoms. The zero-order valence-electron chi connectivity index (χ0n) is 17.0. The van der Waals surface area contributed by atoms with E-state index in [0.717, 1.165) is 35.5 Å². The van der Waals surface area contributed by atoms with Crippen molar-refractivity contribution < 1.29 is 22.7 Å². The molecule has 0 aliphatic rings. The molecule has 0 aliphatic carbocycles. The van der Waals surface area contributed by atoms with E-state index in [-0.39, 0.29) is 5.56 Å². The van der Waals surface area contributed by atoms with E-state index in [0.29, 0.717) is 22.4 Å². The number of benzene rings is 2. The fourth-order valence-corrected chi connectivity index (χ4v) is 3.81. The number of thiazole rings is 1. The van der Waals surface area contributed by atoms with Crippen LogP contribution in [0.4, 0.5) is 19.0 Å². The van der Waals surface area contributed by atoms with Gasteiger partial charge in [0.05, 0.1) is 24.1 Å². The first-order chi connectivity index (χ1) is 15.2. The second-order valence-electron chi connectivity index (χ2n) is 6.86. The lowest BCUT2D eigenvalue weighted by Crippen LogP contribution is -2.15. The van der Waals surface area contributed by atoms with E-state index in [1.807, 2.05) is 29.6 Å². The minimum Gasteiger partial charge on any atom is -0.497 e. The maximum Gasteiger partial charge on any atom is 0.416 e. The summed E-state index contributed by atoms with van der Waals surface area (Å²) in [7, 11) is 1.59. The predicted molar refractivity (Wildman–Crippen MR) is 115 cm³/mol. The summed E-state index contributed by atoms with van der Waals surface area (Å²) in [6.45, 7) is 1.76. The van der Waals surface area contributed by atoms with Gasteiger partial charge in [0.1, 0.15) is 11.6 Å². The number of amides is 1. The molecule has 2 aromatic carbocycles. The van der Waals surface area contributed by atoms with E-state index >= 15 is 0 Å². The number of anilines is 1. The number of aryl methyl sites for hydroxylation is 1. The molecular weight excluding hydrogens is 441 g/mol. The highest BCUT2D eigenvalue weighted by atomic mass is 32.1. The normalized spacial score (nSPS) is 11.4. The third kappa shape index (κ3) is 4.50. The van der Waals surface area contributed by atoms with Crippen molar-refractivity contribution in [3.05, 3.63) is 76.8 Å². The quantitative estimate of drug-likeness (QED) is 0.424. The number of methoxy groups -OCH3 is 1. The topological polar surface area (TPSA) is 69.0 Å². The standard InChI is InChI=1S/C22H17F3N4O2S/c1-13-10-19(27-20(30)14-6-8-16(9-7-14)22(23,24)25)29(28-13)21-26-18(12-32-21)15-4-3-5-17(11-15)31-2/h3-12H,1-2H3,(H,27,30). The third-order valence-electron chi connectivity index (χ3n) is 4.59. The molecule has 0 saturated carbocycles. The van der Waals surface area contributed by atoms with Gasteiger partial charge in [-0.15, -0.1) is 11.3 Å². The molecular formula is C22H17F3N4O2S. The van der Waals surface area contributed by atoms with Crippen LogP contribution >= 0.6 is 11.3 Å². The van der Waals surface area contributed by atoms with E-state index in [9.17, 15) is 18.0 Å². The van der Waals surface area contributed by atoms with Crippen LogP contribution in [-0.4, -0.2) is 27.8 Å². The van der Waals surface area contributed by atoms with Crippen LogP contribution in [0.3, 0.4) is 0 Å². The minimum absolute atomic E-state index is 0.0969. The van der Waals surface area contributed by atoms with Crippen molar-refractivity contribution in [2.45, 2.75) is 13.1 Å². The summed E-state index contributed by atoms with van der Waals surface area (Å²) < 4.78 is 45.0. The zero-order chi connectivity index (χ0) is 22.9. The van der Waals surface area contributed by atoms with Gasteiger partial charge in [-0.05, 0) is 43.3 Å². The van der Waals surface area contributed by atoms with Crippen molar-refractivity contribution >= 4 is 23.1 Å². The monoisotopic (exact) mass is 458 g/mol. The van der Waals surface area contributed by atoms with Crippen LogP contribution in [0.25, 0.3) is 16.4 Å². The third-order valence-corrected chi connectivity index (χ3v) is 5.40. The number of alkyl halides is 3. The zero-order valence-corrected chi connectivity index (χ0v) is 17.8. The first kappa shape index (κ1) is 21.6. The van der Waals surface area contributed by atoms with Crippen LogP contribution in [-0.2, 0) is 6.18 Å². The molecule has 1 N–H and O–H groups in total. The van der Waals surface area contributed by atoms with E-state index in [1.54, 1.807) is 20.1 Å². The summed E-state index contributed by atoms with van der Waals surface area (Å²) in [6.07, 6.45) is -4.46. The second kappa shape index (κ2) is 8.46. The number of halogens is 3. The maximum atomic E-state index is 12.8.